The highest BCUT2D eigenvalue weighted by molar-refractivity contribution is 7.66. The van der Waals surface area contributed by atoms with E-state index in [1.807, 2.05) is 0 Å². The van der Waals surface area contributed by atoms with Crippen molar-refractivity contribution in [2.24, 2.45) is 23.2 Å². The van der Waals surface area contributed by atoms with Crippen LogP contribution in [-0.2, 0) is 0 Å². The lowest BCUT2D eigenvalue weighted by atomic mass is 9.49. The van der Waals surface area contributed by atoms with Gasteiger partial charge >= 0.3 is 12.0 Å². The first kappa shape index (κ1) is 27.5. The smallest absolute Gasteiger partial charge is 0.244 e. The molecular weight excluding hydrogens is 602 g/mol. The molecule has 8 bridgehead atoms. The molecular formula is C23H33Cl6F3Si2. The Morgan fingerprint density at radius 1 is 0.618 bits per heavy atom. The Morgan fingerprint density at radius 2 is 1.00 bits per heavy atom. The van der Waals surface area contributed by atoms with Crippen LogP contribution in [0, 0.1) is 23.2 Å². The molecule has 0 saturated heterocycles. The molecule has 0 N–H and O–H groups in total. The van der Waals surface area contributed by atoms with E-state index in [1.165, 1.54) is 44.9 Å². The van der Waals surface area contributed by atoms with E-state index in [1.54, 1.807) is 0 Å². The highest BCUT2D eigenvalue weighted by Gasteiger charge is 2.75. The maximum Gasteiger partial charge on any atom is 0.347 e. The van der Waals surface area contributed by atoms with Gasteiger partial charge in [-0.15, -0.1) is 66.5 Å². The summed E-state index contributed by atoms with van der Waals surface area (Å²) in [6.07, 6.45) is 10.9. The first-order valence-corrected chi connectivity index (χ1v) is 22.9. The second kappa shape index (κ2) is 8.73. The van der Waals surface area contributed by atoms with Gasteiger partial charge in [-0.25, -0.2) is 13.2 Å². The van der Waals surface area contributed by atoms with Gasteiger partial charge in [0.15, 0.2) is 0 Å². The summed E-state index contributed by atoms with van der Waals surface area (Å²) in [5, 5.41) is -1.06. The summed E-state index contributed by atoms with van der Waals surface area (Å²) in [5.74, 6) is 3.14. The molecule has 0 radical (unpaired) electrons. The van der Waals surface area contributed by atoms with Gasteiger partial charge in [0.1, 0.15) is 17.0 Å². The van der Waals surface area contributed by atoms with Gasteiger partial charge in [-0.3, -0.25) is 0 Å². The van der Waals surface area contributed by atoms with Gasteiger partial charge in [0.05, 0.1) is 0 Å². The SMILES string of the molecule is Cl[Si](Cl)(Cl)CCCC12CC3CC(CC(C3)C1)C2.FC12CC3(F)CC(F)(C1)CC([Si](Cl)(Cl)Cl)(C2)C3. The summed E-state index contributed by atoms with van der Waals surface area (Å²) in [4.78, 5) is 0. The molecule has 0 heterocycles. The van der Waals surface area contributed by atoms with Crippen LogP contribution in [0.5, 0.6) is 0 Å². The molecule has 0 nitrogen and oxygen atoms in total. The fraction of sp³-hybridized carbons (Fsp3) is 1.00. The summed E-state index contributed by atoms with van der Waals surface area (Å²) in [5.41, 5.74) is -4.81. The quantitative estimate of drug-likeness (QED) is 0.208. The van der Waals surface area contributed by atoms with E-state index in [0.29, 0.717) is 5.41 Å². The highest BCUT2D eigenvalue weighted by Crippen LogP contribution is 2.75. The Hall–Kier alpha value is 1.96. The van der Waals surface area contributed by atoms with Crippen molar-refractivity contribution in [2.45, 2.75) is 118 Å². The Kier molecular flexibility index (Phi) is 7.07. The average Bonchev–Trinajstić information content (AvgIpc) is 2.54. The van der Waals surface area contributed by atoms with Gasteiger partial charge in [-0.2, -0.15) is 0 Å². The molecule has 8 saturated carbocycles. The molecule has 34 heavy (non-hydrogen) atoms. The monoisotopic (exact) mass is 632 g/mol. The van der Waals surface area contributed by atoms with Crippen LogP contribution in [0.4, 0.5) is 13.2 Å². The van der Waals surface area contributed by atoms with Gasteiger partial charge in [0.2, 0.25) is 0 Å². The minimum absolute atomic E-state index is 0.0140. The molecule has 0 unspecified atom stereocenters. The maximum atomic E-state index is 14.5. The zero-order chi connectivity index (χ0) is 24.8. The predicted octanol–water partition coefficient (Wildman–Crippen LogP) is 10.5. The minimum Gasteiger partial charge on any atom is -0.244 e. The summed E-state index contributed by atoms with van der Waals surface area (Å²) in [7, 11) is 0. The third kappa shape index (κ3) is 5.49. The number of alkyl halides is 3. The van der Waals surface area contributed by atoms with E-state index in [4.69, 9.17) is 66.5 Å². The minimum atomic E-state index is -3.35. The summed E-state index contributed by atoms with van der Waals surface area (Å²) in [6, 6.07) is -4.87. The third-order valence-corrected chi connectivity index (χ3v) is 17.8. The molecule has 11 heteroatoms. The Morgan fingerprint density at radius 3 is 1.32 bits per heavy atom. The van der Waals surface area contributed by atoms with E-state index in [0.717, 1.165) is 30.2 Å². The number of halogens is 9. The molecule has 196 valence electrons. The molecule has 0 spiro atoms. The lowest BCUT2D eigenvalue weighted by molar-refractivity contribution is -0.175. The fourth-order valence-electron chi connectivity index (χ4n) is 9.83. The molecule has 0 amide bonds. The van der Waals surface area contributed by atoms with Crippen molar-refractivity contribution in [2.75, 3.05) is 0 Å². The zero-order valence-corrected chi connectivity index (χ0v) is 25.8. The van der Waals surface area contributed by atoms with Crippen molar-refractivity contribution in [3.8, 4) is 0 Å². The first-order valence-electron chi connectivity index (χ1n) is 12.6. The topological polar surface area (TPSA) is 0 Å². The average molecular weight is 635 g/mol. The Labute approximate surface area is 231 Å². The van der Waals surface area contributed by atoms with Gasteiger partial charge < -0.3 is 0 Å². The lowest BCUT2D eigenvalue weighted by Gasteiger charge is -2.64. The third-order valence-electron chi connectivity index (χ3n) is 9.80. The Balaban J connectivity index is 0.000000142. The van der Waals surface area contributed by atoms with Crippen molar-refractivity contribution < 1.29 is 13.2 Å². The molecule has 8 aliphatic rings. The number of rotatable bonds is 5. The number of hydrogen-bond acceptors (Lipinski definition) is 0. The Bertz CT molecular complexity index is 727. The molecule has 8 rings (SSSR count). The van der Waals surface area contributed by atoms with Crippen molar-refractivity contribution in [1.29, 1.82) is 0 Å². The van der Waals surface area contributed by atoms with Crippen LogP contribution in [0.2, 0.25) is 11.1 Å². The summed E-state index contributed by atoms with van der Waals surface area (Å²) in [6.45, 7) is 0. The van der Waals surface area contributed by atoms with Crippen molar-refractivity contribution in [3.05, 3.63) is 0 Å². The summed E-state index contributed by atoms with van der Waals surface area (Å²) >= 11 is 36.0. The van der Waals surface area contributed by atoms with Crippen molar-refractivity contribution in [1.82, 2.24) is 0 Å². The van der Waals surface area contributed by atoms with Crippen LogP contribution in [0.3, 0.4) is 0 Å². The van der Waals surface area contributed by atoms with Crippen molar-refractivity contribution >= 4 is 78.5 Å². The lowest BCUT2D eigenvalue weighted by Crippen LogP contribution is -2.66. The highest BCUT2D eigenvalue weighted by atomic mass is 35.8. The normalized spacial score (nSPS) is 50.9. The second-order valence-electron chi connectivity index (χ2n) is 13.2. The van der Waals surface area contributed by atoms with Gasteiger partial charge in [0.25, 0.3) is 0 Å². The number of hydrogen-bond donors (Lipinski definition) is 0. The van der Waals surface area contributed by atoms with Crippen LogP contribution >= 0.6 is 66.5 Å². The maximum absolute atomic E-state index is 14.5. The largest absolute Gasteiger partial charge is 0.347 e. The second-order valence-corrected chi connectivity index (χ2v) is 31.4. The zero-order valence-electron chi connectivity index (χ0n) is 19.2. The van der Waals surface area contributed by atoms with Gasteiger partial charge in [-0.05, 0) is 93.4 Å². The predicted molar refractivity (Wildman–Crippen MR) is 143 cm³/mol. The van der Waals surface area contributed by atoms with E-state index >= 15 is 0 Å². The van der Waals surface area contributed by atoms with Crippen LogP contribution < -0.4 is 0 Å². The first-order chi connectivity index (χ1) is 15.4. The molecule has 0 aromatic rings. The van der Waals surface area contributed by atoms with Crippen LogP contribution in [0.1, 0.15) is 89.9 Å². The van der Waals surface area contributed by atoms with Gasteiger partial charge in [0, 0.05) is 24.3 Å². The van der Waals surface area contributed by atoms with E-state index in [9.17, 15) is 13.2 Å². The molecule has 8 fully saturated rings. The molecule has 0 aromatic carbocycles. The standard InChI is InChI=1S/C13H21Cl3Si.C10H12Cl3F3Si/c14-17(15,16)3-1-2-13-7-10-4-11(8-13)6-12(5-10)9-13;11-17(12,13)10-4-7(14)1-8(15,5-10)3-9(16,2-7)6-10/h10-12H,1-9H2;1-6H2. The summed E-state index contributed by atoms with van der Waals surface area (Å²) < 4.78 is 43.5. The van der Waals surface area contributed by atoms with E-state index in [2.05, 4.69) is 0 Å². The van der Waals surface area contributed by atoms with E-state index < -0.39 is 34.1 Å². The van der Waals surface area contributed by atoms with Crippen LogP contribution in [-0.4, -0.2) is 29.0 Å². The molecule has 0 aliphatic heterocycles. The van der Waals surface area contributed by atoms with Gasteiger partial charge in [-0.1, -0.05) is 6.42 Å². The van der Waals surface area contributed by atoms with E-state index in [-0.39, 0.29) is 38.5 Å². The van der Waals surface area contributed by atoms with Crippen molar-refractivity contribution in [3.63, 3.8) is 0 Å². The molecule has 8 aliphatic carbocycles. The van der Waals surface area contributed by atoms with Crippen LogP contribution in [0.25, 0.3) is 0 Å². The molecule has 0 atom stereocenters. The fourth-order valence-corrected chi connectivity index (χ4v) is 15.0. The van der Waals surface area contributed by atoms with Crippen LogP contribution in [0.15, 0.2) is 0 Å². The molecule has 0 aromatic heterocycles.